The first-order valence-electron chi connectivity index (χ1n) is 8.39. The van der Waals surface area contributed by atoms with Gasteiger partial charge in [0.2, 0.25) is 0 Å². The van der Waals surface area contributed by atoms with E-state index in [1.807, 2.05) is 12.3 Å². The number of aryl methyl sites for hydroxylation is 1. The number of hydrogen-bond donors (Lipinski definition) is 1. The van der Waals surface area contributed by atoms with Crippen LogP contribution in [-0.4, -0.2) is 60.2 Å². The lowest BCUT2D eigenvalue weighted by Crippen LogP contribution is -2.28. The van der Waals surface area contributed by atoms with E-state index in [0.717, 1.165) is 31.7 Å². The summed E-state index contributed by atoms with van der Waals surface area (Å²) in [6.07, 6.45) is 1.85. The number of aromatic nitrogens is 1. The van der Waals surface area contributed by atoms with E-state index in [-0.39, 0.29) is 6.61 Å². The van der Waals surface area contributed by atoms with Crippen LogP contribution in [-0.2, 0) is 6.54 Å². The molecule has 0 bridgehead atoms. The lowest BCUT2D eigenvalue weighted by atomic mass is 9.97. The van der Waals surface area contributed by atoms with Gasteiger partial charge in [-0.3, -0.25) is 9.88 Å². The van der Waals surface area contributed by atoms with Gasteiger partial charge in [0.05, 0.1) is 5.52 Å². The van der Waals surface area contributed by atoms with Crippen LogP contribution in [0.3, 0.4) is 0 Å². The fraction of sp³-hybridized carbons (Fsp3) is 0.526. The predicted molar refractivity (Wildman–Crippen MR) is 94.4 cm³/mol. The molecule has 0 amide bonds. The summed E-state index contributed by atoms with van der Waals surface area (Å²) in [6.45, 7) is 6.47. The maximum atomic E-state index is 9.70. The largest absolute Gasteiger partial charge is 0.396 e. The number of fused-ring (bicyclic) bond motifs is 1. The van der Waals surface area contributed by atoms with Crippen LogP contribution in [0.1, 0.15) is 11.1 Å². The van der Waals surface area contributed by atoms with Crippen LogP contribution in [0, 0.1) is 18.8 Å². The molecule has 4 heteroatoms. The highest BCUT2D eigenvalue weighted by atomic mass is 16.3. The van der Waals surface area contributed by atoms with Crippen LogP contribution in [0.4, 0.5) is 0 Å². The Morgan fingerprint density at radius 1 is 1.22 bits per heavy atom. The molecule has 1 aliphatic heterocycles. The van der Waals surface area contributed by atoms with Gasteiger partial charge >= 0.3 is 0 Å². The molecule has 2 aromatic rings. The number of likely N-dealkylation sites (tertiary alicyclic amines) is 1. The highest BCUT2D eigenvalue weighted by Crippen LogP contribution is 2.28. The van der Waals surface area contributed by atoms with Crippen LogP contribution < -0.4 is 0 Å². The SMILES string of the molecule is Cc1ccc2ncccc2c1CN1C[C@@H](CN(C)C)[C@@H](CO)C1. The first kappa shape index (κ1) is 16.4. The van der Waals surface area contributed by atoms with Crippen molar-refractivity contribution in [1.82, 2.24) is 14.8 Å². The Bertz CT molecular complexity index is 671. The lowest BCUT2D eigenvalue weighted by molar-refractivity contribution is 0.183. The summed E-state index contributed by atoms with van der Waals surface area (Å²) in [4.78, 5) is 9.19. The van der Waals surface area contributed by atoms with Crippen molar-refractivity contribution < 1.29 is 5.11 Å². The maximum Gasteiger partial charge on any atom is 0.0705 e. The Morgan fingerprint density at radius 3 is 2.74 bits per heavy atom. The second kappa shape index (κ2) is 6.95. The minimum Gasteiger partial charge on any atom is -0.396 e. The fourth-order valence-corrected chi connectivity index (χ4v) is 3.80. The van der Waals surface area contributed by atoms with Crippen molar-refractivity contribution in [2.24, 2.45) is 11.8 Å². The summed E-state index contributed by atoms with van der Waals surface area (Å²) < 4.78 is 0. The third-order valence-electron chi connectivity index (χ3n) is 5.00. The van der Waals surface area contributed by atoms with Crippen LogP contribution in [0.5, 0.6) is 0 Å². The molecule has 1 aromatic carbocycles. The molecule has 0 unspecified atom stereocenters. The molecule has 1 aliphatic rings. The van der Waals surface area contributed by atoms with Gasteiger partial charge in [0.15, 0.2) is 0 Å². The van der Waals surface area contributed by atoms with E-state index in [4.69, 9.17) is 0 Å². The van der Waals surface area contributed by atoms with Gasteiger partial charge in [-0.1, -0.05) is 12.1 Å². The quantitative estimate of drug-likeness (QED) is 0.918. The average molecular weight is 313 g/mol. The van der Waals surface area contributed by atoms with E-state index in [2.05, 4.69) is 54.0 Å². The van der Waals surface area contributed by atoms with Crippen molar-refractivity contribution in [3.05, 3.63) is 41.6 Å². The second-order valence-corrected chi connectivity index (χ2v) is 7.09. The number of hydrogen-bond acceptors (Lipinski definition) is 4. The molecule has 0 radical (unpaired) electrons. The third-order valence-corrected chi connectivity index (χ3v) is 5.00. The molecule has 23 heavy (non-hydrogen) atoms. The van der Waals surface area contributed by atoms with E-state index in [9.17, 15) is 5.11 Å². The molecule has 0 aliphatic carbocycles. The Morgan fingerprint density at radius 2 is 2.00 bits per heavy atom. The summed E-state index contributed by atoms with van der Waals surface area (Å²) in [5.74, 6) is 0.925. The van der Waals surface area contributed by atoms with E-state index in [0.29, 0.717) is 11.8 Å². The van der Waals surface area contributed by atoms with E-state index < -0.39 is 0 Å². The molecule has 1 N–H and O–H groups in total. The molecule has 1 fully saturated rings. The maximum absolute atomic E-state index is 9.70. The molecule has 2 atom stereocenters. The molecular formula is C19H27N3O. The molecule has 1 saturated heterocycles. The number of pyridine rings is 1. The first-order valence-corrected chi connectivity index (χ1v) is 8.39. The zero-order chi connectivity index (χ0) is 16.4. The molecule has 4 nitrogen and oxygen atoms in total. The summed E-state index contributed by atoms with van der Waals surface area (Å²) >= 11 is 0. The van der Waals surface area contributed by atoms with Crippen molar-refractivity contribution in [1.29, 1.82) is 0 Å². The number of benzene rings is 1. The zero-order valence-corrected chi connectivity index (χ0v) is 14.4. The average Bonchev–Trinajstić information content (AvgIpc) is 2.91. The summed E-state index contributed by atoms with van der Waals surface area (Å²) in [5.41, 5.74) is 3.76. The molecule has 124 valence electrons. The normalized spacial score (nSPS) is 22.3. The van der Waals surface area contributed by atoms with Gasteiger partial charge in [0, 0.05) is 44.4 Å². The molecular weight excluding hydrogens is 286 g/mol. The van der Waals surface area contributed by atoms with Gasteiger partial charge in [0.25, 0.3) is 0 Å². The van der Waals surface area contributed by atoms with Crippen molar-refractivity contribution in [2.45, 2.75) is 13.5 Å². The number of aliphatic hydroxyl groups is 1. The third kappa shape index (κ3) is 3.55. The predicted octanol–water partition coefficient (Wildman–Crippen LogP) is 2.15. The van der Waals surface area contributed by atoms with E-state index in [1.165, 1.54) is 16.5 Å². The van der Waals surface area contributed by atoms with Crippen LogP contribution in [0.15, 0.2) is 30.5 Å². The smallest absolute Gasteiger partial charge is 0.0705 e. The van der Waals surface area contributed by atoms with Gasteiger partial charge in [0.1, 0.15) is 0 Å². The van der Waals surface area contributed by atoms with Crippen molar-refractivity contribution in [2.75, 3.05) is 40.3 Å². The van der Waals surface area contributed by atoms with E-state index in [1.54, 1.807) is 0 Å². The van der Waals surface area contributed by atoms with Crippen LogP contribution >= 0.6 is 0 Å². The first-order chi connectivity index (χ1) is 11.1. The zero-order valence-electron chi connectivity index (χ0n) is 14.4. The van der Waals surface area contributed by atoms with Gasteiger partial charge in [-0.05, 0) is 56.1 Å². The summed E-state index contributed by atoms with van der Waals surface area (Å²) in [5, 5.41) is 11.0. The van der Waals surface area contributed by atoms with Gasteiger partial charge in [-0.2, -0.15) is 0 Å². The van der Waals surface area contributed by atoms with Gasteiger partial charge < -0.3 is 10.0 Å². The minimum atomic E-state index is 0.283. The molecule has 0 saturated carbocycles. The van der Waals surface area contributed by atoms with Gasteiger partial charge in [-0.25, -0.2) is 0 Å². The monoisotopic (exact) mass is 313 g/mol. The Labute approximate surface area is 138 Å². The molecule has 3 rings (SSSR count). The van der Waals surface area contributed by atoms with Crippen molar-refractivity contribution in [3.63, 3.8) is 0 Å². The Hall–Kier alpha value is -1.49. The topological polar surface area (TPSA) is 39.6 Å². The number of nitrogens with zero attached hydrogens (tertiary/aromatic N) is 3. The van der Waals surface area contributed by atoms with Crippen LogP contribution in [0.2, 0.25) is 0 Å². The number of rotatable bonds is 5. The molecule has 2 heterocycles. The number of aliphatic hydroxyl groups excluding tert-OH is 1. The summed E-state index contributed by atoms with van der Waals surface area (Å²) in [7, 11) is 4.22. The van der Waals surface area contributed by atoms with Crippen molar-refractivity contribution >= 4 is 10.9 Å². The van der Waals surface area contributed by atoms with Crippen molar-refractivity contribution in [3.8, 4) is 0 Å². The second-order valence-electron chi connectivity index (χ2n) is 7.09. The van der Waals surface area contributed by atoms with Gasteiger partial charge in [-0.15, -0.1) is 0 Å². The Balaban J connectivity index is 1.81. The highest BCUT2D eigenvalue weighted by Gasteiger charge is 2.32. The highest BCUT2D eigenvalue weighted by molar-refractivity contribution is 5.83. The molecule has 1 aromatic heterocycles. The van der Waals surface area contributed by atoms with E-state index >= 15 is 0 Å². The lowest BCUT2D eigenvalue weighted by Gasteiger charge is -2.21. The molecule has 0 spiro atoms. The minimum absolute atomic E-state index is 0.283. The summed E-state index contributed by atoms with van der Waals surface area (Å²) in [6, 6.07) is 8.45. The van der Waals surface area contributed by atoms with Crippen LogP contribution in [0.25, 0.3) is 10.9 Å². The Kier molecular flexibility index (Phi) is 4.95. The standard InChI is InChI=1S/C19H27N3O/c1-14-6-7-19-17(5-4-8-20-19)18(14)12-22-10-15(9-21(2)3)16(11-22)13-23/h4-8,15-16,23H,9-13H2,1-3H3/t15-,16-/m1/s1. The fourth-order valence-electron chi connectivity index (χ4n) is 3.80.